The monoisotopic (exact) mass is 229 g/mol. The predicted octanol–water partition coefficient (Wildman–Crippen LogP) is 4.17. The Morgan fingerprint density at radius 2 is 1.75 bits per heavy atom. The van der Waals surface area contributed by atoms with Gasteiger partial charge in [0.05, 0.1) is 0 Å². The van der Waals surface area contributed by atoms with Crippen molar-refractivity contribution < 1.29 is 4.39 Å². The zero-order chi connectivity index (χ0) is 12.0. The maximum absolute atomic E-state index is 13.3. The van der Waals surface area contributed by atoms with E-state index in [1.807, 2.05) is 0 Å². The standard InChI is InChI=1S/C14H28FN/c1-4-6-9-14(3,10-7-5-2)16-11-8-13(15)12-16/h13H,4-12H2,1-3H3. The number of alkyl halides is 1. The Bertz CT molecular complexity index is 185. The first-order valence-electron chi connectivity index (χ1n) is 7.01. The molecule has 16 heavy (non-hydrogen) atoms. The first-order chi connectivity index (χ1) is 7.62. The predicted molar refractivity (Wildman–Crippen MR) is 68.5 cm³/mol. The summed E-state index contributed by atoms with van der Waals surface area (Å²) >= 11 is 0. The molecule has 1 nitrogen and oxygen atoms in total. The number of likely N-dealkylation sites (tertiary alicyclic amines) is 1. The second-order valence-corrected chi connectivity index (χ2v) is 5.54. The Balaban J connectivity index is 2.54. The summed E-state index contributed by atoms with van der Waals surface area (Å²) < 4.78 is 13.3. The summed E-state index contributed by atoms with van der Waals surface area (Å²) in [5.41, 5.74) is 0.257. The van der Waals surface area contributed by atoms with Gasteiger partial charge in [-0.3, -0.25) is 4.90 Å². The molecular formula is C14H28FN. The van der Waals surface area contributed by atoms with Gasteiger partial charge in [0.25, 0.3) is 0 Å². The van der Waals surface area contributed by atoms with E-state index < -0.39 is 6.17 Å². The fourth-order valence-corrected chi connectivity index (χ4v) is 2.76. The largest absolute Gasteiger partial charge is 0.295 e. The third kappa shape index (κ3) is 3.73. The summed E-state index contributed by atoms with van der Waals surface area (Å²) in [6.45, 7) is 8.45. The van der Waals surface area contributed by atoms with Crippen LogP contribution >= 0.6 is 0 Å². The minimum absolute atomic E-state index is 0.257. The number of unbranched alkanes of at least 4 members (excludes halogenated alkanes) is 2. The van der Waals surface area contributed by atoms with Crippen molar-refractivity contribution in [2.45, 2.75) is 77.4 Å². The van der Waals surface area contributed by atoms with Gasteiger partial charge in [-0.25, -0.2) is 4.39 Å². The molecule has 0 aromatic carbocycles. The molecule has 0 aromatic rings. The average molecular weight is 229 g/mol. The molecule has 1 rings (SSSR count). The maximum atomic E-state index is 13.3. The normalized spacial score (nSPS) is 22.9. The van der Waals surface area contributed by atoms with Gasteiger partial charge in [-0.15, -0.1) is 0 Å². The molecule has 1 saturated heterocycles. The van der Waals surface area contributed by atoms with Gasteiger partial charge in [-0.2, -0.15) is 0 Å². The molecule has 0 saturated carbocycles. The topological polar surface area (TPSA) is 3.24 Å². The van der Waals surface area contributed by atoms with E-state index in [1.165, 1.54) is 38.5 Å². The van der Waals surface area contributed by atoms with Gasteiger partial charge in [0.2, 0.25) is 0 Å². The first kappa shape index (κ1) is 14.0. The molecule has 96 valence electrons. The Hall–Kier alpha value is -0.110. The average Bonchev–Trinajstić information content (AvgIpc) is 2.71. The molecule has 1 aliphatic rings. The highest BCUT2D eigenvalue weighted by atomic mass is 19.1. The lowest BCUT2D eigenvalue weighted by Crippen LogP contribution is -2.45. The molecule has 1 fully saturated rings. The maximum Gasteiger partial charge on any atom is 0.114 e. The Labute approximate surface area is 100 Å². The highest BCUT2D eigenvalue weighted by Crippen LogP contribution is 2.32. The first-order valence-corrected chi connectivity index (χ1v) is 7.01. The molecule has 1 atom stereocenters. The van der Waals surface area contributed by atoms with Crippen molar-refractivity contribution in [3.63, 3.8) is 0 Å². The summed E-state index contributed by atoms with van der Waals surface area (Å²) in [5.74, 6) is 0. The van der Waals surface area contributed by atoms with Gasteiger partial charge in [-0.1, -0.05) is 39.5 Å². The molecule has 1 aliphatic heterocycles. The van der Waals surface area contributed by atoms with Gasteiger partial charge in [-0.05, 0) is 26.2 Å². The van der Waals surface area contributed by atoms with Gasteiger partial charge < -0.3 is 0 Å². The zero-order valence-electron chi connectivity index (χ0n) is 11.3. The van der Waals surface area contributed by atoms with Crippen molar-refractivity contribution in [2.24, 2.45) is 0 Å². The lowest BCUT2D eigenvalue weighted by Gasteiger charge is -2.39. The van der Waals surface area contributed by atoms with Crippen molar-refractivity contribution in [3.8, 4) is 0 Å². The molecule has 2 heteroatoms. The van der Waals surface area contributed by atoms with Crippen LogP contribution < -0.4 is 0 Å². The highest BCUT2D eigenvalue weighted by Gasteiger charge is 2.35. The van der Waals surface area contributed by atoms with E-state index in [2.05, 4.69) is 25.7 Å². The zero-order valence-corrected chi connectivity index (χ0v) is 11.3. The van der Waals surface area contributed by atoms with E-state index in [0.29, 0.717) is 6.54 Å². The smallest absolute Gasteiger partial charge is 0.114 e. The minimum Gasteiger partial charge on any atom is -0.295 e. The third-order valence-corrected chi connectivity index (χ3v) is 4.03. The fraction of sp³-hybridized carbons (Fsp3) is 1.00. The molecular weight excluding hydrogens is 201 g/mol. The van der Waals surface area contributed by atoms with Crippen LogP contribution in [0.2, 0.25) is 0 Å². The minimum atomic E-state index is -0.581. The van der Waals surface area contributed by atoms with Crippen LogP contribution in [0, 0.1) is 0 Å². The molecule has 1 unspecified atom stereocenters. The SMILES string of the molecule is CCCCC(C)(CCCC)N1CCC(F)C1. The van der Waals surface area contributed by atoms with Gasteiger partial charge in [0, 0.05) is 18.6 Å². The van der Waals surface area contributed by atoms with Crippen molar-refractivity contribution in [2.75, 3.05) is 13.1 Å². The summed E-state index contributed by atoms with van der Waals surface area (Å²) in [6, 6.07) is 0. The van der Waals surface area contributed by atoms with Gasteiger partial charge in [0.15, 0.2) is 0 Å². The fourth-order valence-electron chi connectivity index (χ4n) is 2.76. The number of halogens is 1. The van der Waals surface area contributed by atoms with Crippen molar-refractivity contribution in [1.29, 1.82) is 0 Å². The summed E-state index contributed by atoms with van der Waals surface area (Å²) in [5, 5.41) is 0. The van der Waals surface area contributed by atoms with Crippen LogP contribution in [-0.4, -0.2) is 29.7 Å². The molecule has 0 aliphatic carbocycles. The Kier molecular flexibility index (Phi) is 5.74. The van der Waals surface area contributed by atoms with Crippen LogP contribution in [-0.2, 0) is 0 Å². The number of hydrogen-bond acceptors (Lipinski definition) is 1. The van der Waals surface area contributed by atoms with Crippen LogP contribution in [0.4, 0.5) is 4.39 Å². The van der Waals surface area contributed by atoms with Crippen LogP contribution in [0.15, 0.2) is 0 Å². The molecule has 0 bridgehead atoms. The van der Waals surface area contributed by atoms with E-state index in [9.17, 15) is 4.39 Å². The second-order valence-electron chi connectivity index (χ2n) is 5.54. The quantitative estimate of drug-likeness (QED) is 0.633. The number of rotatable bonds is 7. The van der Waals surface area contributed by atoms with E-state index >= 15 is 0 Å². The van der Waals surface area contributed by atoms with Crippen molar-refractivity contribution >= 4 is 0 Å². The van der Waals surface area contributed by atoms with Gasteiger partial charge in [0.1, 0.15) is 6.17 Å². The van der Waals surface area contributed by atoms with E-state index in [4.69, 9.17) is 0 Å². The third-order valence-electron chi connectivity index (χ3n) is 4.03. The summed E-state index contributed by atoms with van der Waals surface area (Å²) in [6.07, 6.45) is 7.66. The lowest BCUT2D eigenvalue weighted by atomic mass is 9.87. The molecule has 1 heterocycles. The van der Waals surface area contributed by atoms with Gasteiger partial charge >= 0.3 is 0 Å². The van der Waals surface area contributed by atoms with E-state index in [0.717, 1.165) is 13.0 Å². The molecule has 0 N–H and O–H groups in total. The highest BCUT2D eigenvalue weighted by molar-refractivity contribution is 4.91. The summed E-state index contributed by atoms with van der Waals surface area (Å²) in [4.78, 5) is 2.41. The molecule has 0 spiro atoms. The van der Waals surface area contributed by atoms with E-state index in [1.54, 1.807) is 0 Å². The van der Waals surface area contributed by atoms with E-state index in [-0.39, 0.29) is 5.54 Å². The van der Waals surface area contributed by atoms with Crippen molar-refractivity contribution in [3.05, 3.63) is 0 Å². The number of nitrogens with zero attached hydrogens (tertiary/aromatic N) is 1. The van der Waals surface area contributed by atoms with Crippen LogP contribution in [0.3, 0.4) is 0 Å². The van der Waals surface area contributed by atoms with Crippen molar-refractivity contribution in [1.82, 2.24) is 4.90 Å². The second kappa shape index (κ2) is 6.58. The molecule has 0 radical (unpaired) electrons. The van der Waals surface area contributed by atoms with Crippen LogP contribution in [0.5, 0.6) is 0 Å². The lowest BCUT2D eigenvalue weighted by molar-refractivity contribution is 0.100. The Morgan fingerprint density at radius 3 is 2.12 bits per heavy atom. The van der Waals surface area contributed by atoms with Crippen LogP contribution in [0.1, 0.15) is 65.7 Å². The molecule has 0 amide bonds. The van der Waals surface area contributed by atoms with Crippen LogP contribution in [0.25, 0.3) is 0 Å². The molecule has 0 aromatic heterocycles. The summed E-state index contributed by atoms with van der Waals surface area (Å²) in [7, 11) is 0. The Morgan fingerprint density at radius 1 is 1.19 bits per heavy atom. The number of hydrogen-bond donors (Lipinski definition) is 0.